The maximum Gasteiger partial charge on any atom is 0.340 e. The van der Waals surface area contributed by atoms with E-state index >= 15 is 0 Å². The van der Waals surface area contributed by atoms with E-state index in [4.69, 9.17) is 23.7 Å². The molecule has 0 fully saturated rings. The first-order valence-electron chi connectivity index (χ1n) is 7.86. The van der Waals surface area contributed by atoms with Crippen molar-refractivity contribution in [3.63, 3.8) is 0 Å². The van der Waals surface area contributed by atoms with E-state index in [1.54, 1.807) is 18.2 Å². The van der Waals surface area contributed by atoms with Crippen molar-refractivity contribution in [1.82, 2.24) is 0 Å². The first-order chi connectivity index (χ1) is 13.0. The number of hydrogen-bond donors (Lipinski definition) is 1. The number of rotatable bonds is 7. The molecule has 0 unspecified atom stereocenters. The van der Waals surface area contributed by atoms with Crippen LogP contribution in [0.15, 0.2) is 30.3 Å². The van der Waals surface area contributed by atoms with Crippen LogP contribution in [-0.2, 0) is 4.74 Å². The molecule has 0 aromatic heterocycles. The summed E-state index contributed by atoms with van der Waals surface area (Å²) in [7, 11) is 7.10. The zero-order valence-electron chi connectivity index (χ0n) is 15.7. The lowest BCUT2D eigenvalue weighted by molar-refractivity contribution is 0.0601. The summed E-state index contributed by atoms with van der Waals surface area (Å²) in [5, 5.41) is 2.68. The Hall–Kier alpha value is -3.42. The molecule has 2 aromatic rings. The van der Waals surface area contributed by atoms with Gasteiger partial charge in [0.2, 0.25) is 0 Å². The lowest BCUT2D eigenvalue weighted by atomic mass is 10.1. The molecule has 0 atom stereocenters. The second kappa shape index (κ2) is 8.79. The molecule has 1 amide bonds. The quantitative estimate of drug-likeness (QED) is 0.744. The zero-order valence-corrected chi connectivity index (χ0v) is 15.7. The molecule has 0 aliphatic heterocycles. The van der Waals surface area contributed by atoms with E-state index in [1.807, 2.05) is 0 Å². The minimum Gasteiger partial charge on any atom is -0.497 e. The number of nitrogens with one attached hydrogen (secondary N) is 1. The number of ether oxygens (including phenoxy) is 5. The molecule has 0 aliphatic rings. The molecule has 0 radical (unpaired) electrons. The van der Waals surface area contributed by atoms with Crippen molar-refractivity contribution < 1.29 is 33.3 Å². The second-order valence-electron chi connectivity index (χ2n) is 5.26. The topological polar surface area (TPSA) is 92.3 Å². The van der Waals surface area contributed by atoms with E-state index in [-0.39, 0.29) is 16.8 Å². The number of anilines is 1. The first kappa shape index (κ1) is 19.9. The molecule has 8 nitrogen and oxygen atoms in total. The standard InChI is InChI=1S/C19H21NO7/c1-23-11-6-7-12(15(8-11)24-2)18(21)20-14-10-17(26-4)16(25-3)9-13(14)19(22)27-5/h6-10H,1-5H3,(H,20,21). The molecule has 27 heavy (non-hydrogen) atoms. The summed E-state index contributed by atoms with van der Waals surface area (Å²) in [5.41, 5.74) is 0.599. The maximum absolute atomic E-state index is 12.8. The van der Waals surface area contributed by atoms with Gasteiger partial charge in [0, 0.05) is 18.2 Å². The highest BCUT2D eigenvalue weighted by Crippen LogP contribution is 2.34. The molecule has 0 saturated carbocycles. The number of carbonyl (C=O) groups is 2. The number of methoxy groups -OCH3 is 5. The highest BCUT2D eigenvalue weighted by Gasteiger charge is 2.21. The number of benzene rings is 2. The summed E-state index contributed by atoms with van der Waals surface area (Å²) in [4.78, 5) is 24.9. The summed E-state index contributed by atoms with van der Waals surface area (Å²) >= 11 is 0. The third-order valence-corrected chi connectivity index (χ3v) is 3.83. The van der Waals surface area contributed by atoms with Crippen LogP contribution in [0.3, 0.4) is 0 Å². The molecule has 2 aromatic carbocycles. The monoisotopic (exact) mass is 375 g/mol. The Morgan fingerprint density at radius 2 is 1.37 bits per heavy atom. The van der Waals surface area contributed by atoms with Crippen LogP contribution in [0.25, 0.3) is 0 Å². The summed E-state index contributed by atoms with van der Waals surface area (Å²) in [6.45, 7) is 0. The van der Waals surface area contributed by atoms with Crippen molar-refractivity contribution in [3.05, 3.63) is 41.5 Å². The molecule has 0 heterocycles. The van der Waals surface area contributed by atoms with Crippen molar-refractivity contribution in [3.8, 4) is 23.0 Å². The van der Waals surface area contributed by atoms with Gasteiger partial charge in [-0.05, 0) is 12.1 Å². The van der Waals surface area contributed by atoms with E-state index in [9.17, 15) is 9.59 Å². The Kier molecular flexibility index (Phi) is 6.48. The molecule has 0 aliphatic carbocycles. The van der Waals surface area contributed by atoms with Gasteiger partial charge >= 0.3 is 5.97 Å². The molecule has 144 valence electrons. The van der Waals surface area contributed by atoms with Gasteiger partial charge in [-0.2, -0.15) is 0 Å². The van der Waals surface area contributed by atoms with Crippen molar-refractivity contribution >= 4 is 17.6 Å². The Balaban J connectivity index is 2.46. The largest absolute Gasteiger partial charge is 0.497 e. The average molecular weight is 375 g/mol. The van der Waals surface area contributed by atoms with Gasteiger partial charge < -0.3 is 29.0 Å². The highest BCUT2D eigenvalue weighted by atomic mass is 16.5. The lowest BCUT2D eigenvalue weighted by Gasteiger charge is -2.15. The van der Waals surface area contributed by atoms with E-state index in [2.05, 4.69) is 5.32 Å². The van der Waals surface area contributed by atoms with Crippen molar-refractivity contribution in [2.24, 2.45) is 0 Å². The van der Waals surface area contributed by atoms with Gasteiger partial charge in [0.25, 0.3) is 5.91 Å². The summed E-state index contributed by atoms with van der Waals surface area (Å²) in [6, 6.07) is 7.70. The van der Waals surface area contributed by atoms with Crippen LogP contribution >= 0.6 is 0 Å². The van der Waals surface area contributed by atoms with E-state index in [0.717, 1.165) is 0 Å². The van der Waals surface area contributed by atoms with Crippen molar-refractivity contribution in [2.75, 3.05) is 40.9 Å². The smallest absolute Gasteiger partial charge is 0.340 e. The number of carbonyl (C=O) groups excluding carboxylic acids is 2. The van der Waals surface area contributed by atoms with E-state index in [0.29, 0.717) is 23.0 Å². The van der Waals surface area contributed by atoms with Gasteiger partial charge in [0.05, 0.1) is 52.4 Å². The number of amides is 1. The van der Waals surface area contributed by atoms with Crippen LogP contribution in [0.5, 0.6) is 23.0 Å². The highest BCUT2D eigenvalue weighted by molar-refractivity contribution is 6.09. The zero-order chi connectivity index (χ0) is 20.0. The maximum atomic E-state index is 12.8. The Bertz CT molecular complexity index is 848. The fourth-order valence-corrected chi connectivity index (χ4v) is 2.44. The fourth-order valence-electron chi connectivity index (χ4n) is 2.44. The molecule has 0 saturated heterocycles. The van der Waals surface area contributed by atoms with Crippen LogP contribution in [0.1, 0.15) is 20.7 Å². The number of esters is 1. The molecular weight excluding hydrogens is 354 g/mol. The molecular formula is C19H21NO7. The first-order valence-corrected chi connectivity index (χ1v) is 7.86. The van der Waals surface area contributed by atoms with Crippen LogP contribution in [-0.4, -0.2) is 47.4 Å². The predicted molar refractivity (Wildman–Crippen MR) is 98.4 cm³/mol. The lowest BCUT2D eigenvalue weighted by Crippen LogP contribution is -2.16. The molecule has 2 rings (SSSR count). The normalized spacial score (nSPS) is 9.96. The Labute approximate surface area is 156 Å². The third-order valence-electron chi connectivity index (χ3n) is 3.83. The van der Waals surface area contributed by atoms with Crippen LogP contribution in [0.2, 0.25) is 0 Å². The van der Waals surface area contributed by atoms with E-state index in [1.165, 1.54) is 47.7 Å². The van der Waals surface area contributed by atoms with Gasteiger partial charge in [-0.1, -0.05) is 0 Å². The summed E-state index contributed by atoms with van der Waals surface area (Å²) in [5.74, 6) is 0.441. The minimum absolute atomic E-state index is 0.121. The van der Waals surface area contributed by atoms with Gasteiger partial charge in [0.15, 0.2) is 11.5 Å². The molecule has 8 heteroatoms. The van der Waals surface area contributed by atoms with Gasteiger partial charge in [-0.25, -0.2) is 4.79 Å². The minimum atomic E-state index is -0.632. The second-order valence-corrected chi connectivity index (χ2v) is 5.26. The average Bonchev–Trinajstić information content (AvgIpc) is 2.71. The van der Waals surface area contributed by atoms with Crippen molar-refractivity contribution in [2.45, 2.75) is 0 Å². The molecule has 1 N–H and O–H groups in total. The fraction of sp³-hybridized carbons (Fsp3) is 0.263. The number of hydrogen-bond acceptors (Lipinski definition) is 7. The summed E-state index contributed by atoms with van der Waals surface area (Å²) in [6.07, 6.45) is 0. The SMILES string of the molecule is COC(=O)c1cc(OC)c(OC)cc1NC(=O)c1ccc(OC)cc1OC. The van der Waals surface area contributed by atoms with E-state index < -0.39 is 11.9 Å². The third kappa shape index (κ3) is 4.22. The van der Waals surface area contributed by atoms with Gasteiger partial charge in [0.1, 0.15) is 11.5 Å². The van der Waals surface area contributed by atoms with Gasteiger partial charge in [-0.15, -0.1) is 0 Å². The molecule has 0 bridgehead atoms. The van der Waals surface area contributed by atoms with Crippen LogP contribution in [0.4, 0.5) is 5.69 Å². The van der Waals surface area contributed by atoms with Crippen LogP contribution < -0.4 is 24.3 Å². The summed E-state index contributed by atoms with van der Waals surface area (Å²) < 4.78 is 25.6. The van der Waals surface area contributed by atoms with Crippen molar-refractivity contribution in [1.29, 1.82) is 0 Å². The Morgan fingerprint density at radius 3 is 1.93 bits per heavy atom. The predicted octanol–water partition coefficient (Wildman–Crippen LogP) is 2.76. The Morgan fingerprint density at radius 1 is 0.741 bits per heavy atom. The van der Waals surface area contributed by atoms with Crippen LogP contribution in [0, 0.1) is 0 Å². The molecule has 0 spiro atoms. The van der Waals surface area contributed by atoms with Gasteiger partial charge in [-0.3, -0.25) is 4.79 Å².